The van der Waals surface area contributed by atoms with Gasteiger partial charge in [0.2, 0.25) is 0 Å². The summed E-state index contributed by atoms with van der Waals surface area (Å²) in [5.74, 6) is 0.569. The van der Waals surface area contributed by atoms with Crippen molar-refractivity contribution in [3.8, 4) is 0 Å². The molecular formula is C22H23NO2. The Hall–Kier alpha value is -2.55. The second-order valence-corrected chi connectivity index (χ2v) is 6.88. The smallest absolute Gasteiger partial charge is 0.340 e. The monoisotopic (exact) mass is 333 g/mol. The van der Waals surface area contributed by atoms with Crippen molar-refractivity contribution in [2.45, 2.75) is 32.2 Å². The van der Waals surface area contributed by atoms with Crippen molar-refractivity contribution in [3.05, 3.63) is 76.9 Å². The largest absolute Gasteiger partial charge is 0.462 e. The zero-order valence-corrected chi connectivity index (χ0v) is 14.7. The number of esters is 1. The van der Waals surface area contributed by atoms with Gasteiger partial charge in [0.25, 0.3) is 0 Å². The van der Waals surface area contributed by atoms with Crippen LogP contribution in [0.1, 0.15) is 52.4 Å². The Labute approximate surface area is 148 Å². The topological polar surface area (TPSA) is 38.3 Å². The number of carbonyl (C=O) groups excluding carboxylic acids is 1. The fourth-order valence-electron chi connectivity index (χ4n) is 4.10. The first-order valence-electron chi connectivity index (χ1n) is 8.99. The van der Waals surface area contributed by atoms with Crippen molar-refractivity contribution < 1.29 is 9.53 Å². The molecule has 3 nitrogen and oxygen atoms in total. The number of aryl methyl sites for hydroxylation is 1. The number of ether oxygens (including phenoxy) is 1. The Morgan fingerprint density at radius 1 is 1.20 bits per heavy atom. The SMILES string of the molecule is CCOC(=O)c1cccc2c1N[C@@H](c1ccc(C)cc1)[C@H]1CC=C[C@@H]21. The summed E-state index contributed by atoms with van der Waals surface area (Å²) in [6, 6.07) is 14.8. The van der Waals surface area contributed by atoms with Gasteiger partial charge in [-0.15, -0.1) is 0 Å². The minimum atomic E-state index is -0.255. The van der Waals surface area contributed by atoms with Crippen LogP contribution in [0.3, 0.4) is 0 Å². The molecule has 2 aromatic carbocycles. The lowest BCUT2D eigenvalue weighted by molar-refractivity contribution is 0.0527. The van der Waals surface area contributed by atoms with Crippen LogP contribution in [0.2, 0.25) is 0 Å². The van der Waals surface area contributed by atoms with Crippen LogP contribution in [0.25, 0.3) is 0 Å². The fourth-order valence-corrected chi connectivity index (χ4v) is 4.10. The summed E-state index contributed by atoms with van der Waals surface area (Å²) in [5.41, 5.74) is 5.30. The molecule has 0 aromatic heterocycles. The van der Waals surface area contributed by atoms with E-state index in [2.05, 4.69) is 54.7 Å². The van der Waals surface area contributed by atoms with Crippen LogP contribution in [-0.2, 0) is 4.74 Å². The van der Waals surface area contributed by atoms with Crippen LogP contribution in [0.5, 0.6) is 0 Å². The van der Waals surface area contributed by atoms with Gasteiger partial charge in [0, 0.05) is 5.92 Å². The highest BCUT2D eigenvalue weighted by Gasteiger charge is 2.39. The van der Waals surface area contributed by atoms with E-state index in [1.165, 1.54) is 16.7 Å². The predicted octanol–water partition coefficient (Wildman–Crippen LogP) is 5.00. The van der Waals surface area contributed by atoms with Gasteiger partial charge < -0.3 is 10.1 Å². The van der Waals surface area contributed by atoms with Gasteiger partial charge >= 0.3 is 5.97 Å². The van der Waals surface area contributed by atoms with Crippen molar-refractivity contribution in [1.82, 2.24) is 0 Å². The molecule has 3 atom stereocenters. The first kappa shape index (κ1) is 15.9. The first-order chi connectivity index (χ1) is 12.2. The van der Waals surface area contributed by atoms with E-state index in [0.29, 0.717) is 24.0 Å². The number of anilines is 1. The molecule has 128 valence electrons. The number of para-hydroxylation sites is 1. The number of benzene rings is 2. The minimum absolute atomic E-state index is 0.198. The molecule has 1 aliphatic carbocycles. The summed E-state index contributed by atoms with van der Waals surface area (Å²) >= 11 is 0. The van der Waals surface area contributed by atoms with Gasteiger partial charge in [-0.25, -0.2) is 4.79 Å². The van der Waals surface area contributed by atoms with E-state index in [4.69, 9.17) is 4.74 Å². The molecule has 0 spiro atoms. The zero-order chi connectivity index (χ0) is 17.4. The Balaban J connectivity index is 1.79. The van der Waals surface area contributed by atoms with Crippen molar-refractivity contribution >= 4 is 11.7 Å². The highest BCUT2D eigenvalue weighted by atomic mass is 16.5. The van der Waals surface area contributed by atoms with Gasteiger partial charge in [-0.2, -0.15) is 0 Å². The molecule has 0 amide bonds. The Kier molecular flexibility index (Phi) is 4.08. The van der Waals surface area contributed by atoms with Gasteiger partial charge in [-0.3, -0.25) is 0 Å². The van der Waals surface area contributed by atoms with E-state index in [1.54, 1.807) is 0 Å². The molecule has 0 fully saturated rings. The molecular weight excluding hydrogens is 310 g/mol. The van der Waals surface area contributed by atoms with E-state index < -0.39 is 0 Å². The number of allylic oxidation sites excluding steroid dienone is 2. The average molecular weight is 333 g/mol. The molecule has 0 saturated carbocycles. The maximum atomic E-state index is 12.4. The van der Waals surface area contributed by atoms with Crippen molar-refractivity contribution in [2.24, 2.45) is 5.92 Å². The summed E-state index contributed by atoms with van der Waals surface area (Å²) < 4.78 is 5.27. The van der Waals surface area contributed by atoms with Crippen LogP contribution in [-0.4, -0.2) is 12.6 Å². The van der Waals surface area contributed by atoms with Gasteiger partial charge in [-0.1, -0.05) is 54.1 Å². The molecule has 0 bridgehead atoms. The molecule has 25 heavy (non-hydrogen) atoms. The number of hydrogen-bond acceptors (Lipinski definition) is 3. The third kappa shape index (κ3) is 2.74. The number of carbonyl (C=O) groups is 1. The summed E-state index contributed by atoms with van der Waals surface area (Å²) in [5, 5.41) is 3.67. The molecule has 0 saturated heterocycles. The molecule has 2 aliphatic rings. The summed E-state index contributed by atoms with van der Waals surface area (Å²) in [6.45, 7) is 4.33. The standard InChI is InChI=1S/C22H23NO2/c1-3-25-22(24)19-9-5-8-18-16-6-4-7-17(16)20(23-21(18)19)15-12-10-14(2)11-13-15/h4-6,8-13,16-17,20,23H,3,7H2,1-2H3/t16-,17+,20+/m1/s1. The molecule has 4 rings (SSSR count). The van der Waals surface area contributed by atoms with E-state index in [0.717, 1.165) is 12.1 Å². The van der Waals surface area contributed by atoms with Crippen LogP contribution in [0.4, 0.5) is 5.69 Å². The number of nitrogens with one attached hydrogen (secondary N) is 1. The molecule has 1 aliphatic heterocycles. The molecule has 2 aromatic rings. The van der Waals surface area contributed by atoms with Crippen molar-refractivity contribution in [1.29, 1.82) is 0 Å². The minimum Gasteiger partial charge on any atom is -0.462 e. The third-order valence-corrected chi connectivity index (χ3v) is 5.33. The number of hydrogen-bond donors (Lipinski definition) is 1. The van der Waals surface area contributed by atoms with Crippen molar-refractivity contribution in [3.63, 3.8) is 0 Å². The highest BCUT2D eigenvalue weighted by molar-refractivity contribution is 5.97. The first-order valence-corrected chi connectivity index (χ1v) is 8.99. The maximum absolute atomic E-state index is 12.4. The normalized spacial score (nSPS) is 23.5. The lowest BCUT2D eigenvalue weighted by Gasteiger charge is -2.38. The van der Waals surface area contributed by atoms with Gasteiger partial charge in [-0.05, 0) is 43.4 Å². The summed E-state index contributed by atoms with van der Waals surface area (Å²) in [4.78, 5) is 12.4. The van der Waals surface area contributed by atoms with E-state index in [-0.39, 0.29) is 12.0 Å². The molecule has 0 unspecified atom stereocenters. The van der Waals surface area contributed by atoms with Gasteiger partial charge in [0.05, 0.1) is 23.9 Å². The maximum Gasteiger partial charge on any atom is 0.340 e. The zero-order valence-electron chi connectivity index (χ0n) is 14.7. The van der Waals surface area contributed by atoms with E-state index in [9.17, 15) is 4.79 Å². The van der Waals surface area contributed by atoms with Gasteiger partial charge in [0.15, 0.2) is 0 Å². The highest BCUT2D eigenvalue weighted by Crippen LogP contribution is 2.50. The predicted molar refractivity (Wildman–Crippen MR) is 99.9 cm³/mol. The molecule has 0 radical (unpaired) electrons. The Morgan fingerprint density at radius 3 is 2.76 bits per heavy atom. The van der Waals surface area contributed by atoms with Gasteiger partial charge in [0.1, 0.15) is 0 Å². The second-order valence-electron chi connectivity index (χ2n) is 6.88. The fraction of sp³-hybridized carbons (Fsp3) is 0.318. The average Bonchev–Trinajstić information content (AvgIpc) is 3.11. The molecule has 1 N–H and O–H groups in total. The lowest BCUT2D eigenvalue weighted by atomic mass is 9.76. The van der Waals surface area contributed by atoms with Crippen molar-refractivity contribution in [2.75, 3.05) is 11.9 Å². The quantitative estimate of drug-likeness (QED) is 0.634. The van der Waals surface area contributed by atoms with E-state index >= 15 is 0 Å². The lowest BCUT2D eigenvalue weighted by Crippen LogP contribution is -2.30. The van der Waals surface area contributed by atoms with Crippen LogP contribution in [0, 0.1) is 12.8 Å². The Morgan fingerprint density at radius 2 is 2.00 bits per heavy atom. The van der Waals surface area contributed by atoms with Crippen LogP contribution < -0.4 is 5.32 Å². The molecule has 3 heteroatoms. The third-order valence-electron chi connectivity index (χ3n) is 5.33. The van der Waals surface area contributed by atoms with Crippen LogP contribution >= 0.6 is 0 Å². The molecule has 1 heterocycles. The number of fused-ring (bicyclic) bond motifs is 3. The number of rotatable bonds is 3. The summed E-state index contributed by atoms with van der Waals surface area (Å²) in [7, 11) is 0. The van der Waals surface area contributed by atoms with Crippen LogP contribution in [0.15, 0.2) is 54.6 Å². The summed E-state index contributed by atoms with van der Waals surface area (Å²) in [6.07, 6.45) is 5.62. The second kappa shape index (κ2) is 6.40. The Bertz CT molecular complexity index is 822. The van der Waals surface area contributed by atoms with E-state index in [1.807, 2.05) is 19.1 Å².